The fourth-order valence-corrected chi connectivity index (χ4v) is 3.45. The van der Waals surface area contributed by atoms with Crippen LogP contribution in [0.4, 0.5) is 18.9 Å². The summed E-state index contributed by atoms with van der Waals surface area (Å²) >= 11 is 5.64. The highest BCUT2D eigenvalue weighted by molar-refractivity contribution is 6.31. The van der Waals surface area contributed by atoms with E-state index in [4.69, 9.17) is 30.5 Å². The van der Waals surface area contributed by atoms with Gasteiger partial charge in [0.05, 0.1) is 17.7 Å². The Balaban J connectivity index is 2.55. The zero-order chi connectivity index (χ0) is 25.8. The number of anilines is 1. The normalized spacial score (nSPS) is 24.5. The molecule has 0 radical (unpaired) electrons. The Bertz CT molecular complexity index is 956. The number of carbonyl (C=O) groups is 4. The summed E-state index contributed by atoms with van der Waals surface area (Å²) in [7, 11) is 1.01. The summed E-state index contributed by atoms with van der Waals surface area (Å²) in [4.78, 5) is 47.5. The van der Waals surface area contributed by atoms with E-state index in [2.05, 4.69) is 10.1 Å². The van der Waals surface area contributed by atoms with Crippen molar-refractivity contribution in [2.24, 2.45) is 0 Å². The van der Waals surface area contributed by atoms with Gasteiger partial charge in [-0.25, -0.2) is 4.79 Å². The maximum atomic E-state index is 13.3. The second-order valence-corrected chi connectivity index (χ2v) is 7.47. The Morgan fingerprint density at radius 1 is 0.941 bits per heavy atom. The number of hydrogen-bond acceptors (Lipinski definition) is 10. The topological polar surface area (TPSA) is 126 Å². The van der Waals surface area contributed by atoms with Crippen LogP contribution >= 0.6 is 11.6 Å². The number of rotatable bonds is 6. The number of benzene rings is 1. The molecule has 0 spiro atoms. The summed E-state index contributed by atoms with van der Waals surface area (Å²) in [5, 5.41) is 1.99. The monoisotopic (exact) mass is 511 g/mol. The first-order valence-electron chi connectivity index (χ1n) is 9.62. The highest BCUT2D eigenvalue weighted by atomic mass is 35.5. The van der Waals surface area contributed by atoms with Crippen LogP contribution in [-0.2, 0) is 49.0 Å². The number of methoxy groups -OCH3 is 1. The summed E-state index contributed by atoms with van der Waals surface area (Å²) in [6, 6.07) is 2.82. The number of hydrogen-bond donors (Lipinski definition) is 1. The lowest BCUT2D eigenvalue weighted by atomic mass is 9.96. The van der Waals surface area contributed by atoms with Gasteiger partial charge in [0.25, 0.3) is 0 Å². The molecule has 34 heavy (non-hydrogen) atoms. The molecule has 5 atom stereocenters. The highest BCUT2D eigenvalue weighted by Crippen LogP contribution is 2.37. The molecule has 14 heteroatoms. The summed E-state index contributed by atoms with van der Waals surface area (Å²) < 4.78 is 65.5. The van der Waals surface area contributed by atoms with Crippen molar-refractivity contribution in [2.45, 2.75) is 57.6 Å². The van der Waals surface area contributed by atoms with Gasteiger partial charge in [0, 0.05) is 26.5 Å². The van der Waals surface area contributed by atoms with Crippen molar-refractivity contribution in [1.82, 2.24) is 0 Å². The van der Waals surface area contributed by atoms with Gasteiger partial charge in [-0.1, -0.05) is 11.6 Å². The highest BCUT2D eigenvalue weighted by Gasteiger charge is 2.54. The molecule has 1 aliphatic heterocycles. The van der Waals surface area contributed by atoms with E-state index in [1.807, 2.05) is 0 Å². The molecule has 1 aliphatic rings. The Morgan fingerprint density at radius 2 is 1.47 bits per heavy atom. The van der Waals surface area contributed by atoms with Crippen molar-refractivity contribution >= 4 is 41.2 Å². The minimum Gasteiger partial charge on any atom is -0.467 e. The van der Waals surface area contributed by atoms with Crippen molar-refractivity contribution < 1.29 is 56.0 Å². The number of nitrogens with one attached hydrogen (secondary N) is 1. The van der Waals surface area contributed by atoms with Crippen LogP contribution in [0.3, 0.4) is 0 Å². The predicted molar refractivity (Wildman–Crippen MR) is 107 cm³/mol. The van der Waals surface area contributed by atoms with Gasteiger partial charge in [0.1, 0.15) is 0 Å². The van der Waals surface area contributed by atoms with Crippen LogP contribution < -0.4 is 5.32 Å². The third-order valence-electron chi connectivity index (χ3n) is 4.46. The molecule has 1 heterocycles. The predicted octanol–water partition coefficient (Wildman–Crippen LogP) is 2.46. The fraction of sp³-hybridized carbons (Fsp3) is 0.500. The van der Waals surface area contributed by atoms with E-state index in [-0.39, 0.29) is 5.69 Å². The van der Waals surface area contributed by atoms with E-state index in [9.17, 15) is 32.3 Å². The van der Waals surface area contributed by atoms with Crippen molar-refractivity contribution in [3.63, 3.8) is 0 Å². The minimum absolute atomic E-state index is 0.185. The van der Waals surface area contributed by atoms with Gasteiger partial charge < -0.3 is 29.0 Å². The van der Waals surface area contributed by atoms with Crippen LogP contribution in [0.5, 0.6) is 0 Å². The number of alkyl halides is 3. The van der Waals surface area contributed by atoms with E-state index in [1.165, 1.54) is 6.07 Å². The van der Waals surface area contributed by atoms with Crippen LogP contribution in [0, 0.1) is 0 Å². The summed E-state index contributed by atoms with van der Waals surface area (Å²) in [6.45, 7) is 3.03. The maximum Gasteiger partial charge on any atom is 0.417 e. The van der Waals surface area contributed by atoms with Gasteiger partial charge in [0.15, 0.2) is 30.6 Å². The molecule has 10 nitrogen and oxygen atoms in total. The molecule has 0 aliphatic carbocycles. The lowest BCUT2D eigenvalue weighted by molar-refractivity contribution is -0.244. The zero-order valence-electron chi connectivity index (χ0n) is 18.3. The van der Waals surface area contributed by atoms with Crippen LogP contribution in [0.1, 0.15) is 26.3 Å². The fourth-order valence-electron chi connectivity index (χ4n) is 3.23. The Morgan fingerprint density at radius 3 is 1.97 bits per heavy atom. The maximum absolute atomic E-state index is 13.3. The first kappa shape index (κ1) is 27.2. The average Bonchev–Trinajstić information content (AvgIpc) is 2.71. The zero-order valence-corrected chi connectivity index (χ0v) is 19.1. The summed E-state index contributed by atoms with van der Waals surface area (Å²) in [6.07, 6.45) is -12.8. The van der Waals surface area contributed by atoms with Crippen molar-refractivity contribution in [1.29, 1.82) is 0 Å². The standard InChI is InChI=1S/C20H21ClF3NO9/c1-8(26)31-14-15(32-9(2)27)17(19(29)30-4)34-18(16(14)33-10(3)28)25-11-5-6-13(21)12(7-11)20(22,23)24/h5-7,14-18,25H,1-4H3/t14-,15-,16+,17-,18+/m0/s1. The molecule has 1 saturated heterocycles. The second-order valence-electron chi connectivity index (χ2n) is 7.06. The van der Waals surface area contributed by atoms with Crippen molar-refractivity contribution in [2.75, 3.05) is 12.4 Å². The molecule has 1 N–H and O–H groups in total. The van der Waals surface area contributed by atoms with E-state index in [1.54, 1.807) is 0 Å². The van der Waals surface area contributed by atoms with E-state index < -0.39 is 71.3 Å². The summed E-state index contributed by atoms with van der Waals surface area (Å²) in [5.74, 6) is -3.72. The molecule has 0 saturated carbocycles. The largest absolute Gasteiger partial charge is 0.467 e. The molecule has 0 unspecified atom stereocenters. The van der Waals surface area contributed by atoms with Gasteiger partial charge in [0.2, 0.25) is 0 Å². The molecule has 1 aromatic rings. The molecule has 2 rings (SSSR count). The smallest absolute Gasteiger partial charge is 0.417 e. The molecular weight excluding hydrogens is 491 g/mol. The van der Waals surface area contributed by atoms with Crippen LogP contribution in [-0.4, -0.2) is 61.6 Å². The number of carbonyl (C=O) groups excluding carboxylic acids is 4. The third kappa shape index (κ3) is 6.73. The molecule has 0 bridgehead atoms. The minimum atomic E-state index is -4.78. The quantitative estimate of drug-likeness (QED) is 0.449. The molecular formula is C20H21ClF3NO9. The van der Waals surface area contributed by atoms with E-state index in [0.717, 1.165) is 33.9 Å². The van der Waals surface area contributed by atoms with Crippen LogP contribution in [0.25, 0.3) is 0 Å². The Kier molecular flexibility index (Phi) is 8.72. The lowest BCUT2D eigenvalue weighted by Crippen LogP contribution is -2.65. The van der Waals surface area contributed by atoms with Gasteiger partial charge >= 0.3 is 30.1 Å². The van der Waals surface area contributed by atoms with Crippen LogP contribution in [0.2, 0.25) is 5.02 Å². The van der Waals surface area contributed by atoms with Gasteiger partial charge in [-0.2, -0.15) is 13.2 Å². The van der Waals surface area contributed by atoms with Gasteiger partial charge in [-0.3, -0.25) is 14.4 Å². The average molecular weight is 512 g/mol. The first-order chi connectivity index (χ1) is 15.7. The number of halogens is 4. The molecule has 1 fully saturated rings. The summed E-state index contributed by atoms with van der Waals surface area (Å²) in [5.41, 5.74) is -1.35. The number of esters is 4. The molecule has 1 aromatic carbocycles. The first-order valence-corrected chi connectivity index (χ1v) is 10.0. The van der Waals surface area contributed by atoms with Crippen LogP contribution in [0.15, 0.2) is 18.2 Å². The second kappa shape index (κ2) is 10.9. The SMILES string of the molecule is COC(=O)[C@H]1O[C@@H](Nc2ccc(Cl)c(C(F)(F)F)c2)[C@H](OC(C)=O)[C@@H](OC(C)=O)[C@@H]1OC(C)=O. The van der Waals surface area contributed by atoms with Crippen molar-refractivity contribution in [3.8, 4) is 0 Å². The molecule has 0 aromatic heterocycles. The number of ether oxygens (including phenoxy) is 5. The van der Waals surface area contributed by atoms with E-state index in [0.29, 0.717) is 6.07 Å². The van der Waals surface area contributed by atoms with Gasteiger partial charge in [-0.15, -0.1) is 0 Å². The Labute approximate surface area is 196 Å². The van der Waals surface area contributed by atoms with E-state index >= 15 is 0 Å². The van der Waals surface area contributed by atoms with Crippen molar-refractivity contribution in [3.05, 3.63) is 28.8 Å². The third-order valence-corrected chi connectivity index (χ3v) is 4.79. The Hall–Kier alpha value is -3.06. The molecule has 0 amide bonds. The lowest BCUT2D eigenvalue weighted by Gasteiger charge is -2.43. The van der Waals surface area contributed by atoms with Gasteiger partial charge in [-0.05, 0) is 18.2 Å². The molecule has 188 valence electrons.